The number of thiazole rings is 1. The Bertz CT molecular complexity index is 1220. The molecule has 1 aliphatic rings. The van der Waals surface area contributed by atoms with Crippen LogP contribution in [0, 0.1) is 5.92 Å². The number of benzene rings is 2. The molecular formula is C25H29N3O3S2. The molecule has 0 radical (unpaired) electrons. The van der Waals surface area contributed by atoms with Crippen molar-refractivity contribution in [1.29, 1.82) is 0 Å². The Hall–Kier alpha value is -2.55. The Labute approximate surface area is 199 Å². The first-order chi connectivity index (χ1) is 15.8. The zero-order valence-corrected chi connectivity index (χ0v) is 20.7. The lowest BCUT2D eigenvalue weighted by Crippen LogP contribution is -2.26. The second kappa shape index (κ2) is 9.75. The predicted octanol–water partition coefficient (Wildman–Crippen LogP) is 4.83. The second-order valence-corrected chi connectivity index (χ2v) is 12.0. The molecule has 2 aromatic carbocycles. The molecule has 1 amide bonds. The lowest BCUT2D eigenvalue weighted by atomic mass is 10.0. The van der Waals surface area contributed by atoms with Crippen molar-refractivity contribution in [3.8, 4) is 0 Å². The van der Waals surface area contributed by atoms with E-state index >= 15 is 0 Å². The number of anilines is 1. The summed E-state index contributed by atoms with van der Waals surface area (Å²) in [5, 5.41) is 3.56. The number of hydrogen-bond donors (Lipinski definition) is 1. The van der Waals surface area contributed by atoms with Gasteiger partial charge < -0.3 is 5.32 Å². The van der Waals surface area contributed by atoms with E-state index in [9.17, 15) is 13.2 Å². The third-order valence-electron chi connectivity index (χ3n) is 5.88. The third kappa shape index (κ3) is 5.34. The highest BCUT2D eigenvalue weighted by molar-refractivity contribution is 7.91. The number of rotatable bonds is 8. The molecule has 4 rings (SSSR count). The van der Waals surface area contributed by atoms with E-state index < -0.39 is 9.84 Å². The van der Waals surface area contributed by atoms with Crippen LogP contribution < -0.4 is 5.32 Å². The molecule has 0 bridgehead atoms. The molecule has 0 saturated carbocycles. The molecule has 0 spiro atoms. The Morgan fingerprint density at radius 2 is 1.82 bits per heavy atom. The fourth-order valence-corrected chi connectivity index (χ4v) is 6.18. The molecule has 0 unspecified atom stereocenters. The predicted molar refractivity (Wildman–Crippen MR) is 132 cm³/mol. The molecule has 1 N–H and O–H groups in total. The monoisotopic (exact) mass is 483 g/mol. The van der Waals surface area contributed by atoms with Crippen molar-refractivity contribution in [2.75, 3.05) is 11.1 Å². The molecular weight excluding hydrogens is 454 g/mol. The van der Waals surface area contributed by atoms with Gasteiger partial charge >= 0.3 is 0 Å². The highest BCUT2D eigenvalue weighted by Crippen LogP contribution is 2.43. The van der Waals surface area contributed by atoms with Crippen LogP contribution in [0.25, 0.3) is 0 Å². The lowest BCUT2D eigenvalue weighted by molar-refractivity contribution is -0.115. The first kappa shape index (κ1) is 23.6. The van der Waals surface area contributed by atoms with Gasteiger partial charge in [0.15, 0.2) is 15.0 Å². The van der Waals surface area contributed by atoms with Crippen LogP contribution in [0.2, 0.25) is 0 Å². The highest BCUT2D eigenvalue weighted by Gasteiger charge is 2.36. The fourth-order valence-electron chi connectivity index (χ4n) is 4.26. The standard InChI is InChI=1S/C25H29N3O3S2/c1-4-33(30,31)20-12-10-18(11-13-20)14-22(29)26-25-27-23-21(32-25)16-28(24(23)17(2)3)15-19-8-6-5-7-9-19/h5-13,17,24H,4,14-16H2,1-3H3,(H,26,27,29)/t24-/m1/s1. The molecule has 0 aliphatic carbocycles. The van der Waals surface area contributed by atoms with E-state index in [1.807, 2.05) is 6.07 Å². The van der Waals surface area contributed by atoms with Crippen LogP contribution in [0.3, 0.4) is 0 Å². The van der Waals surface area contributed by atoms with Crippen LogP contribution >= 0.6 is 11.3 Å². The fraction of sp³-hybridized carbons (Fsp3) is 0.360. The smallest absolute Gasteiger partial charge is 0.230 e. The van der Waals surface area contributed by atoms with Crippen molar-refractivity contribution in [3.63, 3.8) is 0 Å². The highest BCUT2D eigenvalue weighted by atomic mass is 32.2. The Morgan fingerprint density at radius 3 is 2.45 bits per heavy atom. The molecule has 33 heavy (non-hydrogen) atoms. The van der Waals surface area contributed by atoms with Gasteiger partial charge in [0.2, 0.25) is 5.91 Å². The number of aromatic nitrogens is 1. The van der Waals surface area contributed by atoms with Crippen molar-refractivity contribution in [2.45, 2.75) is 51.2 Å². The Kier molecular flexibility index (Phi) is 6.97. The average Bonchev–Trinajstić information content (AvgIpc) is 3.31. The van der Waals surface area contributed by atoms with Crippen molar-refractivity contribution in [3.05, 3.63) is 76.3 Å². The summed E-state index contributed by atoms with van der Waals surface area (Å²) in [4.78, 5) is 21.3. The van der Waals surface area contributed by atoms with Crippen LogP contribution in [-0.4, -0.2) is 30.0 Å². The van der Waals surface area contributed by atoms with Crippen LogP contribution in [0.4, 0.5) is 5.13 Å². The van der Waals surface area contributed by atoms with Crippen molar-refractivity contribution >= 4 is 32.2 Å². The van der Waals surface area contributed by atoms with E-state index in [1.54, 1.807) is 42.5 Å². The van der Waals surface area contributed by atoms with Crippen LogP contribution in [0.5, 0.6) is 0 Å². The summed E-state index contributed by atoms with van der Waals surface area (Å²) in [7, 11) is -3.24. The summed E-state index contributed by atoms with van der Waals surface area (Å²) >= 11 is 1.54. The summed E-state index contributed by atoms with van der Waals surface area (Å²) in [5.41, 5.74) is 3.11. The zero-order chi connectivity index (χ0) is 23.6. The van der Waals surface area contributed by atoms with Crippen LogP contribution in [0.1, 0.15) is 48.5 Å². The first-order valence-electron chi connectivity index (χ1n) is 11.2. The molecule has 174 valence electrons. The molecule has 1 atom stereocenters. The first-order valence-corrected chi connectivity index (χ1v) is 13.6. The Balaban J connectivity index is 1.42. The molecule has 0 fully saturated rings. The SMILES string of the molecule is CCS(=O)(=O)c1ccc(CC(=O)Nc2nc3c(s2)CN(Cc2ccccc2)[C@@H]3C(C)C)cc1. The maximum Gasteiger partial charge on any atom is 0.230 e. The minimum Gasteiger partial charge on any atom is -0.302 e. The van der Waals surface area contributed by atoms with Crippen LogP contribution in [-0.2, 0) is 34.1 Å². The summed E-state index contributed by atoms with van der Waals surface area (Å²) in [6, 6.07) is 17.2. The van der Waals surface area contributed by atoms with E-state index in [0.717, 1.165) is 24.3 Å². The van der Waals surface area contributed by atoms with E-state index in [0.29, 0.717) is 11.0 Å². The molecule has 0 saturated heterocycles. The zero-order valence-electron chi connectivity index (χ0n) is 19.1. The van der Waals surface area contributed by atoms with Gasteiger partial charge in [-0.2, -0.15) is 0 Å². The van der Waals surface area contributed by atoms with Gasteiger partial charge in [0.1, 0.15) is 0 Å². The van der Waals surface area contributed by atoms with Gasteiger partial charge in [0.05, 0.1) is 28.8 Å². The van der Waals surface area contributed by atoms with E-state index in [1.165, 1.54) is 10.4 Å². The molecule has 3 aromatic rings. The van der Waals surface area contributed by atoms with E-state index in [4.69, 9.17) is 4.98 Å². The van der Waals surface area contributed by atoms with Gasteiger partial charge in [-0.25, -0.2) is 13.4 Å². The van der Waals surface area contributed by atoms with Gasteiger partial charge in [0, 0.05) is 18.0 Å². The third-order valence-corrected chi connectivity index (χ3v) is 8.60. The number of nitrogens with one attached hydrogen (secondary N) is 1. The number of amides is 1. The normalized spacial score (nSPS) is 16.2. The van der Waals surface area contributed by atoms with E-state index in [-0.39, 0.29) is 29.0 Å². The molecule has 2 heterocycles. The number of carbonyl (C=O) groups excluding carboxylic acids is 1. The number of sulfone groups is 1. The molecule has 8 heteroatoms. The summed E-state index contributed by atoms with van der Waals surface area (Å²) < 4.78 is 23.9. The van der Waals surface area contributed by atoms with Crippen LogP contribution in [0.15, 0.2) is 59.5 Å². The van der Waals surface area contributed by atoms with E-state index in [2.05, 4.69) is 48.3 Å². The molecule has 6 nitrogen and oxygen atoms in total. The minimum absolute atomic E-state index is 0.0572. The summed E-state index contributed by atoms with van der Waals surface area (Å²) in [6.07, 6.45) is 0.171. The maximum absolute atomic E-state index is 12.6. The van der Waals surface area contributed by atoms with Gasteiger partial charge in [0.25, 0.3) is 0 Å². The molecule has 1 aromatic heterocycles. The average molecular weight is 484 g/mol. The second-order valence-electron chi connectivity index (χ2n) is 8.68. The van der Waals surface area contributed by atoms with Crippen molar-refractivity contribution in [1.82, 2.24) is 9.88 Å². The van der Waals surface area contributed by atoms with Crippen molar-refractivity contribution < 1.29 is 13.2 Å². The quantitative estimate of drug-likeness (QED) is 0.496. The van der Waals surface area contributed by atoms with Gasteiger partial charge in [-0.1, -0.05) is 63.2 Å². The maximum atomic E-state index is 12.6. The summed E-state index contributed by atoms with van der Waals surface area (Å²) in [5.74, 6) is 0.302. The topological polar surface area (TPSA) is 79.4 Å². The number of carbonyl (C=O) groups is 1. The molecule has 1 aliphatic heterocycles. The number of hydrogen-bond acceptors (Lipinski definition) is 6. The summed E-state index contributed by atoms with van der Waals surface area (Å²) in [6.45, 7) is 7.73. The van der Waals surface area contributed by atoms with Gasteiger partial charge in [-0.05, 0) is 29.2 Å². The van der Waals surface area contributed by atoms with Crippen molar-refractivity contribution in [2.24, 2.45) is 5.92 Å². The lowest BCUT2D eigenvalue weighted by Gasteiger charge is -2.27. The van der Waals surface area contributed by atoms with Gasteiger partial charge in [-0.3, -0.25) is 9.69 Å². The van der Waals surface area contributed by atoms with Gasteiger partial charge in [-0.15, -0.1) is 11.3 Å². The Morgan fingerprint density at radius 1 is 1.12 bits per heavy atom. The number of fused-ring (bicyclic) bond motifs is 1. The largest absolute Gasteiger partial charge is 0.302 e. The number of nitrogens with zero attached hydrogens (tertiary/aromatic N) is 2. The minimum atomic E-state index is -3.24.